The van der Waals surface area contributed by atoms with Crippen LogP contribution in [-0.2, 0) is 11.3 Å². The van der Waals surface area contributed by atoms with Crippen molar-refractivity contribution in [2.75, 3.05) is 12.4 Å². The van der Waals surface area contributed by atoms with Crippen LogP contribution in [0.1, 0.15) is 23.8 Å². The third-order valence-electron chi connectivity index (χ3n) is 4.01. The summed E-state index contributed by atoms with van der Waals surface area (Å²) in [6.07, 6.45) is 2.36. The van der Waals surface area contributed by atoms with Crippen LogP contribution in [0.5, 0.6) is 5.75 Å². The van der Waals surface area contributed by atoms with Gasteiger partial charge in [-0.05, 0) is 28.6 Å². The van der Waals surface area contributed by atoms with Gasteiger partial charge in [0.25, 0.3) is 0 Å². The predicted molar refractivity (Wildman–Crippen MR) is 93.8 cm³/mol. The lowest BCUT2D eigenvalue weighted by molar-refractivity contribution is -0.119. The number of amides is 1. The molecule has 3 aromatic rings. The Morgan fingerprint density at radius 2 is 2.23 bits per heavy atom. The number of carbonyl (C=O) groups excluding carboxylic acids is 1. The lowest BCUT2D eigenvalue weighted by Gasteiger charge is -2.26. The van der Waals surface area contributed by atoms with Crippen molar-refractivity contribution in [2.24, 2.45) is 0 Å². The molecule has 0 aliphatic carbocycles. The van der Waals surface area contributed by atoms with Gasteiger partial charge in [0.15, 0.2) is 0 Å². The van der Waals surface area contributed by atoms with E-state index in [1.807, 2.05) is 36.4 Å². The van der Waals surface area contributed by atoms with Crippen molar-refractivity contribution < 1.29 is 13.9 Å². The number of ether oxygens (including phenoxy) is 1. The summed E-state index contributed by atoms with van der Waals surface area (Å²) in [7, 11) is 0. The minimum absolute atomic E-state index is 0.0350. The summed E-state index contributed by atoms with van der Waals surface area (Å²) in [5.41, 5.74) is 1.01. The van der Waals surface area contributed by atoms with Gasteiger partial charge in [0, 0.05) is 12.0 Å². The maximum Gasteiger partial charge on any atom is 0.230 e. The van der Waals surface area contributed by atoms with Gasteiger partial charge >= 0.3 is 0 Å². The first-order valence-electron chi connectivity index (χ1n) is 8.22. The van der Waals surface area contributed by atoms with Crippen LogP contribution in [-0.4, -0.2) is 38.5 Å². The van der Waals surface area contributed by atoms with E-state index in [4.69, 9.17) is 9.15 Å². The van der Waals surface area contributed by atoms with Gasteiger partial charge in [-0.3, -0.25) is 4.79 Å². The molecule has 1 unspecified atom stereocenters. The fourth-order valence-corrected chi connectivity index (χ4v) is 3.50. The predicted octanol–water partition coefficient (Wildman–Crippen LogP) is 2.05. The molecule has 1 aromatic carbocycles. The number of hydrogen-bond acceptors (Lipinski definition) is 7. The summed E-state index contributed by atoms with van der Waals surface area (Å²) in [6.45, 7) is 1.02. The summed E-state index contributed by atoms with van der Waals surface area (Å²) in [5.74, 6) is 1.75. The fourth-order valence-electron chi connectivity index (χ4n) is 2.81. The molecule has 1 amide bonds. The van der Waals surface area contributed by atoms with E-state index >= 15 is 0 Å². The van der Waals surface area contributed by atoms with E-state index < -0.39 is 0 Å². The molecule has 0 saturated carbocycles. The first-order chi connectivity index (χ1) is 12.8. The van der Waals surface area contributed by atoms with Crippen molar-refractivity contribution in [3.05, 3.63) is 54.0 Å². The second-order valence-corrected chi connectivity index (χ2v) is 6.72. The number of thioether (sulfide) groups is 1. The van der Waals surface area contributed by atoms with Gasteiger partial charge in [0.05, 0.1) is 24.7 Å². The number of nitrogens with one attached hydrogen (secondary N) is 1. The molecule has 8 nitrogen and oxygen atoms in total. The highest BCUT2D eigenvalue weighted by molar-refractivity contribution is 7.99. The average molecular weight is 371 g/mol. The van der Waals surface area contributed by atoms with Crippen molar-refractivity contribution >= 4 is 17.7 Å². The fraction of sp³-hybridized carbons (Fsp3) is 0.294. The number of nitrogens with zero attached hydrogens (tertiary/aromatic N) is 4. The number of furan rings is 1. The topological polar surface area (TPSA) is 95.1 Å². The minimum Gasteiger partial charge on any atom is -0.493 e. The maximum absolute atomic E-state index is 12.4. The smallest absolute Gasteiger partial charge is 0.230 e. The van der Waals surface area contributed by atoms with Crippen molar-refractivity contribution in [3.8, 4) is 5.75 Å². The molecule has 1 atom stereocenters. The van der Waals surface area contributed by atoms with Crippen LogP contribution in [0.4, 0.5) is 0 Å². The third kappa shape index (κ3) is 3.72. The molecule has 0 radical (unpaired) electrons. The van der Waals surface area contributed by atoms with Gasteiger partial charge in [-0.1, -0.05) is 30.0 Å². The molecule has 3 heterocycles. The van der Waals surface area contributed by atoms with Gasteiger partial charge < -0.3 is 14.5 Å². The Hall–Kier alpha value is -2.81. The standard InChI is InChI=1S/C17H17N5O3S/c23-16(18-14-7-9-25-15-6-2-1-5-13(14)15)11-26-17-19-20-21-22(17)10-12-4-3-8-24-12/h1-6,8,14H,7,9-11H2,(H,18,23). The van der Waals surface area contributed by atoms with Crippen molar-refractivity contribution in [2.45, 2.75) is 24.2 Å². The van der Waals surface area contributed by atoms with Crippen molar-refractivity contribution in [1.29, 1.82) is 0 Å². The molecule has 1 aliphatic rings. The van der Waals surface area contributed by atoms with Gasteiger partial charge in [0.1, 0.15) is 18.1 Å². The quantitative estimate of drug-likeness (QED) is 0.663. The van der Waals surface area contributed by atoms with E-state index in [0.717, 1.165) is 23.5 Å². The highest BCUT2D eigenvalue weighted by atomic mass is 32.2. The highest BCUT2D eigenvalue weighted by Crippen LogP contribution is 2.31. The molecule has 0 spiro atoms. The molecule has 2 aromatic heterocycles. The van der Waals surface area contributed by atoms with E-state index in [9.17, 15) is 4.79 Å². The summed E-state index contributed by atoms with van der Waals surface area (Å²) >= 11 is 1.30. The first-order valence-corrected chi connectivity index (χ1v) is 9.20. The lowest BCUT2D eigenvalue weighted by atomic mass is 10.0. The Kier molecular flexibility index (Phi) is 4.87. The number of rotatable bonds is 6. The molecule has 1 aliphatic heterocycles. The number of tetrazole rings is 1. The van der Waals surface area contributed by atoms with E-state index in [-0.39, 0.29) is 17.7 Å². The van der Waals surface area contributed by atoms with Gasteiger partial charge in [0.2, 0.25) is 11.1 Å². The molecule has 1 N–H and O–H groups in total. The third-order valence-corrected chi connectivity index (χ3v) is 4.97. The Morgan fingerprint density at radius 3 is 3.12 bits per heavy atom. The molecular formula is C17H17N5O3S. The number of aromatic nitrogens is 4. The summed E-state index contributed by atoms with van der Waals surface area (Å²) in [6, 6.07) is 11.4. The zero-order valence-corrected chi connectivity index (χ0v) is 14.7. The van der Waals surface area contributed by atoms with E-state index in [1.54, 1.807) is 10.9 Å². The van der Waals surface area contributed by atoms with Crippen molar-refractivity contribution in [3.63, 3.8) is 0 Å². The molecule has 0 fully saturated rings. The Morgan fingerprint density at radius 1 is 1.31 bits per heavy atom. The SMILES string of the molecule is O=C(CSc1nnnn1Cc1ccco1)NC1CCOc2ccccc21. The van der Waals surface area contributed by atoms with Gasteiger partial charge in [-0.25, -0.2) is 4.68 Å². The Labute approximate surface area is 153 Å². The van der Waals surface area contributed by atoms with E-state index in [1.165, 1.54) is 11.8 Å². The number of hydrogen-bond donors (Lipinski definition) is 1. The lowest BCUT2D eigenvalue weighted by Crippen LogP contribution is -2.33. The van der Waals surface area contributed by atoms with Crippen molar-refractivity contribution in [1.82, 2.24) is 25.5 Å². The van der Waals surface area contributed by atoms with Crippen LogP contribution in [0.25, 0.3) is 0 Å². The molecule has 0 saturated heterocycles. The molecular weight excluding hydrogens is 354 g/mol. The first kappa shape index (κ1) is 16.6. The van der Waals surface area contributed by atoms with Crippen LogP contribution < -0.4 is 10.1 Å². The Balaban J connectivity index is 1.35. The monoisotopic (exact) mass is 371 g/mol. The number of para-hydroxylation sites is 1. The normalized spacial score (nSPS) is 15.9. The molecule has 134 valence electrons. The highest BCUT2D eigenvalue weighted by Gasteiger charge is 2.23. The van der Waals surface area contributed by atoms with E-state index in [2.05, 4.69) is 20.8 Å². The van der Waals surface area contributed by atoms with Crippen LogP contribution in [0.3, 0.4) is 0 Å². The number of fused-ring (bicyclic) bond motifs is 1. The summed E-state index contributed by atoms with van der Waals surface area (Å²) < 4.78 is 12.5. The number of carbonyl (C=O) groups is 1. The average Bonchev–Trinajstić information content (AvgIpc) is 3.33. The summed E-state index contributed by atoms with van der Waals surface area (Å²) in [5, 5.41) is 15.2. The second-order valence-electron chi connectivity index (χ2n) is 5.78. The molecule has 9 heteroatoms. The van der Waals surface area contributed by atoms with Gasteiger partial charge in [-0.15, -0.1) is 5.10 Å². The van der Waals surface area contributed by atoms with Crippen LogP contribution in [0.15, 0.2) is 52.2 Å². The molecule has 0 bridgehead atoms. The maximum atomic E-state index is 12.4. The zero-order valence-electron chi connectivity index (χ0n) is 13.9. The van der Waals surface area contributed by atoms with Crippen LogP contribution in [0.2, 0.25) is 0 Å². The number of benzene rings is 1. The molecule has 26 heavy (non-hydrogen) atoms. The summed E-state index contributed by atoms with van der Waals surface area (Å²) in [4.78, 5) is 12.4. The van der Waals surface area contributed by atoms with Gasteiger partial charge in [-0.2, -0.15) is 0 Å². The van der Waals surface area contributed by atoms with Crippen LogP contribution >= 0.6 is 11.8 Å². The van der Waals surface area contributed by atoms with Crippen LogP contribution in [0, 0.1) is 0 Å². The second kappa shape index (κ2) is 7.61. The largest absolute Gasteiger partial charge is 0.493 e. The zero-order chi connectivity index (χ0) is 17.8. The molecule has 4 rings (SSSR count). The minimum atomic E-state index is -0.0655. The van der Waals surface area contributed by atoms with E-state index in [0.29, 0.717) is 18.3 Å². The Bertz CT molecular complexity index is 880.